The monoisotopic (exact) mass is 144 g/mol. The lowest BCUT2D eigenvalue weighted by Crippen LogP contribution is -2.29. The summed E-state index contributed by atoms with van der Waals surface area (Å²) in [7, 11) is 0. The second kappa shape index (κ2) is 5.09. The molecule has 0 heterocycles. The summed E-state index contributed by atoms with van der Waals surface area (Å²) in [5.41, 5.74) is 0. The number of hydrogen-bond acceptors (Lipinski definition) is 1. The maximum absolute atomic E-state index is 9.95. The first-order chi connectivity index (χ1) is 4.66. The molecular formula is C7H14NO2. The van der Waals surface area contributed by atoms with E-state index in [1.165, 1.54) is 0 Å². The minimum atomic E-state index is -1.18. The standard InChI is InChI=1S/C7H14NO2/c1-3-4-5-6(2)8-7(9)10/h6,8H,3-5H2,1-2H3. The highest BCUT2D eigenvalue weighted by atomic mass is 16.4. The van der Waals surface area contributed by atoms with Crippen LogP contribution in [0.2, 0.25) is 0 Å². The number of carbonyl (C=O) groups is 1. The summed E-state index contributed by atoms with van der Waals surface area (Å²) in [5, 5.41) is 12.2. The normalized spacial score (nSPS) is 12.6. The van der Waals surface area contributed by atoms with Gasteiger partial charge >= 0.3 is 6.09 Å². The molecule has 1 atom stereocenters. The topological polar surface area (TPSA) is 49.0 Å². The van der Waals surface area contributed by atoms with E-state index in [9.17, 15) is 9.90 Å². The molecule has 0 bridgehead atoms. The van der Waals surface area contributed by atoms with Crippen LogP contribution in [-0.2, 0) is 5.11 Å². The van der Waals surface area contributed by atoms with E-state index in [1.54, 1.807) is 0 Å². The Hall–Kier alpha value is -0.730. The third kappa shape index (κ3) is 5.41. The summed E-state index contributed by atoms with van der Waals surface area (Å²) >= 11 is 0. The molecule has 3 heteroatoms. The van der Waals surface area contributed by atoms with Gasteiger partial charge in [0.25, 0.3) is 0 Å². The minimum absolute atomic E-state index is 0.0324. The molecule has 59 valence electrons. The van der Waals surface area contributed by atoms with Gasteiger partial charge < -0.3 is 5.32 Å². The predicted molar refractivity (Wildman–Crippen MR) is 38.2 cm³/mol. The Morgan fingerprint density at radius 1 is 1.60 bits per heavy atom. The van der Waals surface area contributed by atoms with E-state index in [2.05, 4.69) is 12.2 Å². The molecule has 1 unspecified atom stereocenters. The SMILES string of the molecule is CCCCC(C)NC([O])=O. The fourth-order valence-electron chi connectivity index (χ4n) is 0.784. The second-order valence-corrected chi connectivity index (χ2v) is 2.48. The first kappa shape index (κ1) is 9.27. The molecule has 1 N–H and O–H groups in total. The van der Waals surface area contributed by atoms with Crippen LogP contribution in [0.1, 0.15) is 33.1 Å². The molecule has 0 aliphatic rings. The van der Waals surface area contributed by atoms with Crippen LogP contribution in [0.15, 0.2) is 0 Å². The Labute approximate surface area is 61.4 Å². The zero-order valence-electron chi connectivity index (χ0n) is 6.52. The maximum atomic E-state index is 9.95. The van der Waals surface area contributed by atoms with E-state index in [0.717, 1.165) is 19.3 Å². The van der Waals surface area contributed by atoms with Crippen molar-refractivity contribution in [1.29, 1.82) is 0 Å². The first-order valence-corrected chi connectivity index (χ1v) is 3.64. The molecule has 0 saturated heterocycles. The van der Waals surface area contributed by atoms with Crippen molar-refractivity contribution in [1.82, 2.24) is 5.32 Å². The van der Waals surface area contributed by atoms with Gasteiger partial charge in [0, 0.05) is 6.04 Å². The van der Waals surface area contributed by atoms with Crippen LogP contribution in [0.3, 0.4) is 0 Å². The van der Waals surface area contributed by atoms with E-state index in [0.29, 0.717) is 0 Å². The molecule has 3 nitrogen and oxygen atoms in total. The molecule has 1 radical (unpaired) electrons. The maximum Gasteiger partial charge on any atom is 0.450 e. The lowest BCUT2D eigenvalue weighted by Gasteiger charge is -2.07. The van der Waals surface area contributed by atoms with Gasteiger partial charge in [-0.25, -0.2) is 9.90 Å². The van der Waals surface area contributed by atoms with Crippen molar-refractivity contribution < 1.29 is 9.90 Å². The molecule has 0 aromatic rings. The van der Waals surface area contributed by atoms with Crippen LogP contribution in [0.4, 0.5) is 4.79 Å². The van der Waals surface area contributed by atoms with Crippen molar-refractivity contribution in [2.45, 2.75) is 39.2 Å². The molecule has 0 aromatic heterocycles. The van der Waals surface area contributed by atoms with E-state index in [4.69, 9.17) is 0 Å². The number of carbonyl (C=O) groups excluding carboxylic acids is 1. The van der Waals surface area contributed by atoms with Gasteiger partial charge in [-0.2, -0.15) is 0 Å². The summed E-state index contributed by atoms with van der Waals surface area (Å²) < 4.78 is 0. The van der Waals surface area contributed by atoms with E-state index in [1.807, 2.05) is 6.92 Å². The molecular weight excluding hydrogens is 130 g/mol. The smallest absolute Gasteiger partial charge is 0.316 e. The van der Waals surface area contributed by atoms with Crippen molar-refractivity contribution in [2.75, 3.05) is 0 Å². The fraction of sp³-hybridized carbons (Fsp3) is 0.857. The van der Waals surface area contributed by atoms with E-state index in [-0.39, 0.29) is 6.04 Å². The van der Waals surface area contributed by atoms with Crippen LogP contribution < -0.4 is 5.32 Å². The van der Waals surface area contributed by atoms with Crippen molar-refractivity contribution >= 4 is 6.09 Å². The van der Waals surface area contributed by atoms with Crippen molar-refractivity contribution in [3.05, 3.63) is 0 Å². The number of unbranched alkanes of at least 4 members (excludes halogenated alkanes) is 1. The van der Waals surface area contributed by atoms with Crippen LogP contribution in [-0.4, -0.2) is 12.1 Å². The van der Waals surface area contributed by atoms with Crippen LogP contribution in [0, 0.1) is 0 Å². The van der Waals surface area contributed by atoms with Gasteiger partial charge in [-0.15, -0.1) is 0 Å². The Morgan fingerprint density at radius 3 is 2.60 bits per heavy atom. The van der Waals surface area contributed by atoms with Gasteiger partial charge in [-0.05, 0) is 13.3 Å². The van der Waals surface area contributed by atoms with Crippen molar-refractivity contribution in [3.63, 3.8) is 0 Å². The molecule has 1 amide bonds. The van der Waals surface area contributed by atoms with Crippen LogP contribution >= 0.6 is 0 Å². The molecule has 0 fully saturated rings. The predicted octanol–water partition coefficient (Wildman–Crippen LogP) is 1.71. The van der Waals surface area contributed by atoms with Gasteiger partial charge in [0.2, 0.25) is 0 Å². The average Bonchev–Trinajstić information content (AvgIpc) is 1.82. The zero-order chi connectivity index (χ0) is 7.98. The second-order valence-electron chi connectivity index (χ2n) is 2.48. The average molecular weight is 144 g/mol. The van der Waals surface area contributed by atoms with Gasteiger partial charge in [0.15, 0.2) is 0 Å². The minimum Gasteiger partial charge on any atom is -0.316 e. The van der Waals surface area contributed by atoms with Gasteiger partial charge in [0.05, 0.1) is 0 Å². The molecule has 0 saturated carbocycles. The number of hydrogen-bond donors (Lipinski definition) is 1. The summed E-state index contributed by atoms with van der Waals surface area (Å²) in [6.45, 7) is 3.91. The highest BCUT2D eigenvalue weighted by molar-refractivity contribution is 5.64. The molecule has 0 rings (SSSR count). The fourth-order valence-corrected chi connectivity index (χ4v) is 0.784. The lowest BCUT2D eigenvalue weighted by atomic mass is 10.1. The Bertz CT molecular complexity index is 104. The quantitative estimate of drug-likeness (QED) is 0.641. The van der Waals surface area contributed by atoms with E-state index < -0.39 is 6.09 Å². The van der Waals surface area contributed by atoms with Crippen LogP contribution in [0.5, 0.6) is 0 Å². The summed E-state index contributed by atoms with van der Waals surface area (Å²) in [5.74, 6) is 0. The zero-order valence-corrected chi connectivity index (χ0v) is 6.52. The van der Waals surface area contributed by atoms with Crippen molar-refractivity contribution in [3.8, 4) is 0 Å². The highest BCUT2D eigenvalue weighted by Crippen LogP contribution is 1.98. The van der Waals surface area contributed by atoms with Gasteiger partial charge in [-0.3, -0.25) is 0 Å². The Kier molecular flexibility index (Phi) is 4.72. The molecule has 0 aliphatic carbocycles. The number of amides is 1. The third-order valence-electron chi connectivity index (χ3n) is 1.35. The van der Waals surface area contributed by atoms with Crippen LogP contribution in [0.25, 0.3) is 0 Å². The first-order valence-electron chi connectivity index (χ1n) is 3.64. The Balaban J connectivity index is 3.25. The van der Waals surface area contributed by atoms with Gasteiger partial charge in [-0.1, -0.05) is 19.8 Å². The number of rotatable bonds is 4. The van der Waals surface area contributed by atoms with E-state index >= 15 is 0 Å². The summed E-state index contributed by atoms with van der Waals surface area (Å²) in [6.07, 6.45) is 1.87. The molecule has 0 aromatic carbocycles. The molecule has 10 heavy (non-hydrogen) atoms. The molecule has 0 spiro atoms. The largest absolute Gasteiger partial charge is 0.450 e. The van der Waals surface area contributed by atoms with Gasteiger partial charge in [0.1, 0.15) is 0 Å². The summed E-state index contributed by atoms with van der Waals surface area (Å²) in [4.78, 5) is 9.95. The summed E-state index contributed by atoms with van der Waals surface area (Å²) in [6, 6.07) is 0.0324. The number of nitrogens with one attached hydrogen (secondary N) is 1. The highest BCUT2D eigenvalue weighted by Gasteiger charge is 2.04. The Morgan fingerprint density at radius 2 is 2.20 bits per heavy atom. The lowest BCUT2D eigenvalue weighted by molar-refractivity contribution is 0.164. The van der Waals surface area contributed by atoms with Crippen molar-refractivity contribution in [2.24, 2.45) is 0 Å². The third-order valence-corrected chi connectivity index (χ3v) is 1.35. The molecule has 0 aliphatic heterocycles.